The van der Waals surface area contributed by atoms with Gasteiger partial charge < -0.3 is 4.90 Å². The monoisotopic (exact) mass is 294 g/mol. The van der Waals surface area contributed by atoms with Crippen LogP contribution in [0.1, 0.15) is 30.4 Å². The van der Waals surface area contributed by atoms with E-state index in [0.717, 1.165) is 17.7 Å². The minimum Gasteiger partial charge on any atom is -0.312 e. The summed E-state index contributed by atoms with van der Waals surface area (Å²) in [4.78, 5) is 14.5. The van der Waals surface area contributed by atoms with Crippen molar-refractivity contribution in [2.24, 2.45) is 13.0 Å². The Balaban J connectivity index is 1.74. The van der Waals surface area contributed by atoms with Crippen molar-refractivity contribution in [1.82, 2.24) is 9.78 Å². The predicted molar refractivity (Wildman–Crippen MR) is 83.2 cm³/mol. The third-order valence-corrected chi connectivity index (χ3v) is 4.15. The Kier molecular flexibility index (Phi) is 3.68. The number of aryl methyl sites for hydroxylation is 1. The number of anilines is 1. The van der Waals surface area contributed by atoms with Crippen LogP contribution in [-0.4, -0.2) is 22.2 Å². The van der Waals surface area contributed by atoms with Crippen molar-refractivity contribution in [3.63, 3.8) is 0 Å². The summed E-state index contributed by atoms with van der Waals surface area (Å²) in [5.74, 6) is 0.481. The average molecular weight is 294 g/mol. The summed E-state index contributed by atoms with van der Waals surface area (Å²) in [6, 6.07) is 9.26. The lowest BCUT2D eigenvalue weighted by Crippen LogP contribution is -2.32. The van der Waals surface area contributed by atoms with E-state index in [1.807, 2.05) is 38.5 Å². The lowest BCUT2D eigenvalue weighted by molar-refractivity contribution is -0.119. The Bertz CT molecular complexity index is 726. The predicted octanol–water partition coefficient (Wildman–Crippen LogP) is 2.45. The molecule has 0 aliphatic heterocycles. The number of hydrogen-bond acceptors (Lipinski definition) is 3. The van der Waals surface area contributed by atoms with Gasteiger partial charge in [0.25, 0.3) is 0 Å². The lowest BCUT2D eigenvalue weighted by Gasteiger charge is -2.21. The zero-order valence-electron chi connectivity index (χ0n) is 12.7. The third-order valence-electron chi connectivity index (χ3n) is 4.15. The number of nitrogens with zero attached hydrogens (tertiary/aromatic N) is 4. The number of amides is 1. The Hall–Kier alpha value is -2.61. The van der Waals surface area contributed by atoms with Gasteiger partial charge in [-0.05, 0) is 49.1 Å². The Morgan fingerprint density at radius 3 is 2.73 bits per heavy atom. The van der Waals surface area contributed by atoms with E-state index in [0.29, 0.717) is 12.1 Å². The molecule has 1 heterocycles. The summed E-state index contributed by atoms with van der Waals surface area (Å²) in [6.45, 7) is 2.60. The SMILES string of the molecule is CCN(C(=O)C1CC1c1cnn(C)c1)c1ccc(C#N)cc1. The molecule has 5 heteroatoms. The van der Waals surface area contributed by atoms with Gasteiger partial charge >= 0.3 is 0 Å². The molecule has 0 N–H and O–H groups in total. The minimum absolute atomic E-state index is 0.0415. The van der Waals surface area contributed by atoms with E-state index in [2.05, 4.69) is 11.2 Å². The zero-order chi connectivity index (χ0) is 15.7. The van der Waals surface area contributed by atoms with Crippen LogP contribution in [0.5, 0.6) is 0 Å². The van der Waals surface area contributed by atoms with Gasteiger partial charge in [-0.3, -0.25) is 9.48 Å². The van der Waals surface area contributed by atoms with Crippen molar-refractivity contribution in [1.29, 1.82) is 5.26 Å². The molecule has 0 saturated heterocycles. The Morgan fingerprint density at radius 2 is 2.18 bits per heavy atom. The van der Waals surface area contributed by atoms with Gasteiger partial charge in [-0.2, -0.15) is 10.4 Å². The normalized spacial score (nSPS) is 19.5. The summed E-state index contributed by atoms with van der Waals surface area (Å²) in [5, 5.41) is 13.0. The summed E-state index contributed by atoms with van der Waals surface area (Å²) in [7, 11) is 1.89. The third kappa shape index (κ3) is 2.60. The first-order valence-corrected chi connectivity index (χ1v) is 7.44. The highest BCUT2D eigenvalue weighted by Gasteiger charge is 2.46. The first kappa shape index (κ1) is 14.3. The number of carbonyl (C=O) groups excluding carboxylic acids is 1. The van der Waals surface area contributed by atoms with Crippen molar-refractivity contribution in [2.75, 3.05) is 11.4 Å². The highest BCUT2D eigenvalue weighted by atomic mass is 16.2. The van der Waals surface area contributed by atoms with Gasteiger partial charge in [0.05, 0.1) is 17.8 Å². The van der Waals surface area contributed by atoms with Crippen LogP contribution in [0.25, 0.3) is 0 Å². The van der Waals surface area contributed by atoms with Crippen LogP contribution in [0, 0.1) is 17.2 Å². The highest BCUT2D eigenvalue weighted by molar-refractivity contribution is 5.97. The van der Waals surface area contributed by atoms with Crippen LogP contribution in [-0.2, 0) is 11.8 Å². The van der Waals surface area contributed by atoms with Gasteiger partial charge in [-0.25, -0.2) is 0 Å². The van der Waals surface area contributed by atoms with Gasteiger partial charge in [0.1, 0.15) is 0 Å². The Morgan fingerprint density at radius 1 is 1.45 bits per heavy atom. The molecule has 2 unspecified atom stereocenters. The fraction of sp³-hybridized carbons (Fsp3) is 0.353. The molecule has 1 saturated carbocycles. The molecule has 1 aromatic carbocycles. The molecular formula is C17H18N4O. The van der Waals surface area contributed by atoms with Gasteiger partial charge in [0.15, 0.2) is 0 Å². The number of nitriles is 1. The molecule has 1 fully saturated rings. The molecule has 0 bridgehead atoms. The molecule has 2 atom stereocenters. The van der Waals surface area contributed by atoms with Crippen LogP contribution in [0.4, 0.5) is 5.69 Å². The van der Waals surface area contributed by atoms with E-state index < -0.39 is 0 Å². The quantitative estimate of drug-likeness (QED) is 0.870. The van der Waals surface area contributed by atoms with E-state index in [1.165, 1.54) is 0 Å². The maximum Gasteiger partial charge on any atom is 0.230 e. The fourth-order valence-corrected chi connectivity index (χ4v) is 2.85. The van der Waals surface area contributed by atoms with Gasteiger partial charge in [0, 0.05) is 31.4 Å². The summed E-state index contributed by atoms with van der Waals surface area (Å²) in [6.07, 6.45) is 4.71. The van der Waals surface area contributed by atoms with Crippen molar-refractivity contribution in [2.45, 2.75) is 19.3 Å². The second-order valence-corrected chi connectivity index (χ2v) is 5.64. The molecule has 0 radical (unpaired) electrons. The Labute approximate surface area is 129 Å². The van der Waals surface area contributed by atoms with Crippen molar-refractivity contribution in [3.8, 4) is 6.07 Å². The number of carbonyl (C=O) groups is 1. The number of aromatic nitrogens is 2. The maximum atomic E-state index is 12.7. The highest BCUT2D eigenvalue weighted by Crippen LogP contribution is 2.48. The van der Waals surface area contributed by atoms with E-state index in [-0.39, 0.29) is 17.7 Å². The smallest absolute Gasteiger partial charge is 0.230 e. The van der Waals surface area contributed by atoms with Crippen LogP contribution < -0.4 is 4.90 Å². The molecule has 2 aromatic rings. The van der Waals surface area contributed by atoms with E-state index >= 15 is 0 Å². The first-order valence-electron chi connectivity index (χ1n) is 7.44. The van der Waals surface area contributed by atoms with Crippen LogP contribution >= 0.6 is 0 Å². The standard InChI is InChI=1S/C17H18N4O/c1-3-21(14-6-4-12(9-18)5-7-14)17(22)16-8-15(16)13-10-19-20(2)11-13/h4-7,10-11,15-16H,3,8H2,1-2H3. The molecule has 112 valence electrons. The average Bonchev–Trinajstić information content (AvgIpc) is 3.23. The second kappa shape index (κ2) is 5.64. The largest absolute Gasteiger partial charge is 0.312 e. The molecular weight excluding hydrogens is 276 g/mol. The number of benzene rings is 1. The molecule has 0 spiro atoms. The number of hydrogen-bond donors (Lipinski definition) is 0. The maximum absolute atomic E-state index is 12.7. The molecule has 1 aliphatic rings. The van der Waals surface area contributed by atoms with Crippen molar-refractivity contribution >= 4 is 11.6 Å². The van der Waals surface area contributed by atoms with E-state index in [9.17, 15) is 4.79 Å². The van der Waals surface area contributed by atoms with Gasteiger partial charge in [0.2, 0.25) is 5.91 Å². The van der Waals surface area contributed by atoms with Crippen molar-refractivity contribution in [3.05, 3.63) is 47.8 Å². The molecule has 1 amide bonds. The summed E-state index contributed by atoms with van der Waals surface area (Å²) < 4.78 is 1.77. The van der Waals surface area contributed by atoms with Gasteiger partial charge in [-0.1, -0.05) is 0 Å². The second-order valence-electron chi connectivity index (χ2n) is 5.64. The minimum atomic E-state index is 0.0415. The molecule has 1 aliphatic carbocycles. The molecule has 22 heavy (non-hydrogen) atoms. The van der Waals surface area contributed by atoms with E-state index in [1.54, 1.807) is 21.7 Å². The topological polar surface area (TPSA) is 61.9 Å². The molecule has 1 aromatic heterocycles. The van der Waals surface area contributed by atoms with Crippen molar-refractivity contribution < 1.29 is 4.79 Å². The zero-order valence-corrected chi connectivity index (χ0v) is 12.7. The summed E-state index contributed by atoms with van der Waals surface area (Å²) in [5.41, 5.74) is 2.59. The fourth-order valence-electron chi connectivity index (χ4n) is 2.85. The van der Waals surface area contributed by atoms with E-state index in [4.69, 9.17) is 5.26 Å². The van der Waals surface area contributed by atoms with Crippen LogP contribution in [0.2, 0.25) is 0 Å². The first-order chi connectivity index (χ1) is 10.6. The molecule has 3 rings (SSSR count). The van der Waals surface area contributed by atoms with Crippen LogP contribution in [0.15, 0.2) is 36.7 Å². The molecule has 5 nitrogen and oxygen atoms in total. The lowest BCUT2D eigenvalue weighted by atomic mass is 10.1. The van der Waals surface area contributed by atoms with Crippen LogP contribution in [0.3, 0.4) is 0 Å². The van der Waals surface area contributed by atoms with Gasteiger partial charge in [-0.15, -0.1) is 0 Å². The number of rotatable bonds is 4. The summed E-state index contributed by atoms with van der Waals surface area (Å²) >= 11 is 0.